The van der Waals surface area contributed by atoms with Gasteiger partial charge in [0.15, 0.2) is 5.76 Å². The van der Waals surface area contributed by atoms with Crippen molar-refractivity contribution >= 4 is 11.0 Å². The number of phenolic OH excluding ortho intramolecular Hbond substituents is 1. The first-order valence-electron chi connectivity index (χ1n) is 6.62. The fourth-order valence-corrected chi connectivity index (χ4v) is 2.28. The molecule has 0 bridgehead atoms. The number of methoxy groups -OCH3 is 2. The summed E-state index contributed by atoms with van der Waals surface area (Å²) in [6.07, 6.45) is 0. The van der Waals surface area contributed by atoms with Crippen LogP contribution in [0.4, 0.5) is 0 Å². The molecule has 0 aliphatic heterocycles. The van der Waals surface area contributed by atoms with Crippen molar-refractivity contribution in [3.8, 4) is 28.6 Å². The molecule has 0 amide bonds. The topological polar surface area (TPSA) is 68.9 Å². The fourth-order valence-electron chi connectivity index (χ4n) is 2.28. The lowest BCUT2D eigenvalue weighted by Gasteiger charge is -2.09. The number of rotatable bonds is 3. The van der Waals surface area contributed by atoms with Gasteiger partial charge in [-0.15, -0.1) is 0 Å². The van der Waals surface area contributed by atoms with Crippen LogP contribution >= 0.6 is 0 Å². The monoisotopic (exact) mass is 298 g/mol. The zero-order valence-corrected chi connectivity index (χ0v) is 12.1. The number of fused-ring (bicyclic) bond motifs is 1. The molecular formula is C17H14O5. The van der Waals surface area contributed by atoms with Gasteiger partial charge in [-0.2, -0.15) is 0 Å². The molecule has 0 aliphatic rings. The Labute approximate surface area is 126 Å². The lowest BCUT2D eigenvalue weighted by atomic mass is 10.1. The summed E-state index contributed by atoms with van der Waals surface area (Å²) in [6.45, 7) is 0. The standard InChI is InChI=1S/C17H14O5/c1-20-12-6-3-10(4-7-12)16-17(21-2)15(19)13-8-5-11(18)9-14(13)22-16/h3-9,18H,1-2H3. The first-order valence-corrected chi connectivity index (χ1v) is 6.62. The second-order valence-electron chi connectivity index (χ2n) is 4.70. The van der Waals surface area contributed by atoms with E-state index in [-0.39, 0.29) is 16.9 Å². The zero-order valence-electron chi connectivity index (χ0n) is 12.1. The molecule has 5 nitrogen and oxygen atoms in total. The average Bonchev–Trinajstić information content (AvgIpc) is 2.54. The summed E-state index contributed by atoms with van der Waals surface area (Å²) in [4.78, 5) is 12.5. The van der Waals surface area contributed by atoms with Crippen molar-refractivity contribution in [1.29, 1.82) is 0 Å². The second-order valence-corrected chi connectivity index (χ2v) is 4.70. The molecule has 22 heavy (non-hydrogen) atoms. The second kappa shape index (κ2) is 5.44. The largest absolute Gasteiger partial charge is 0.508 e. The third kappa shape index (κ3) is 2.26. The maximum absolute atomic E-state index is 12.5. The molecule has 1 heterocycles. The highest BCUT2D eigenvalue weighted by atomic mass is 16.5. The lowest BCUT2D eigenvalue weighted by Crippen LogP contribution is -2.07. The number of hydrogen-bond acceptors (Lipinski definition) is 5. The van der Waals surface area contributed by atoms with Crippen LogP contribution in [-0.2, 0) is 0 Å². The molecule has 0 fully saturated rings. The van der Waals surface area contributed by atoms with Gasteiger partial charge in [-0.3, -0.25) is 4.79 Å². The summed E-state index contributed by atoms with van der Waals surface area (Å²) in [5.41, 5.74) is 0.700. The van der Waals surface area contributed by atoms with Crippen LogP contribution in [0.25, 0.3) is 22.3 Å². The Bertz CT molecular complexity index is 878. The lowest BCUT2D eigenvalue weighted by molar-refractivity contribution is 0.398. The number of benzene rings is 2. The predicted octanol–water partition coefficient (Wildman–Crippen LogP) is 3.18. The van der Waals surface area contributed by atoms with Crippen molar-refractivity contribution in [1.82, 2.24) is 0 Å². The third-order valence-corrected chi connectivity index (χ3v) is 3.39. The van der Waals surface area contributed by atoms with Gasteiger partial charge in [0.25, 0.3) is 0 Å². The first kappa shape index (κ1) is 14.0. The van der Waals surface area contributed by atoms with Crippen LogP contribution in [0.15, 0.2) is 51.7 Å². The van der Waals surface area contributed by atoms with E-state index in [0.717, 1.165) is 0 Å². The molecule has 0 radical (unpaired) electrons. The molecule has 0 aliphatic carbocycles. The number of phenols is 1. The van der Waals surface area contributed by atoms with E-state index in [1.54, 1.807) is 31.4 Å². The van der Waals surface area contributed by atoms with Crippen molar-refractivity contribution < 1.29 is 19.0 Å². The third-order valence-electron chi connectivity index (χ3n) is 3.39. The molecule has 0 atom stereocenters. The minimum atomic E-state index is -0.283. The highest BCUT2D eigenvalue weighted by molar-refractivity contribution is 5.83. The Morgan fingerprint density at radius 2 is 1.73 bits per heavy atom. The van der Waals surface area contributed by atoms with E-state index in [1.165, 1.54) is 25.3 Å². The molecule has 5 heteroatoms. The zero-order chi connectivity index (χ0) is 15.7. The quantitative estimate of drug-likeness (QED) is 0.804. The van der Waals surface area contributed by atoms with Crippen molar-refractivity contribution in [2.45, 2.75) is 0 Å². The summed E-state index contributed by atoms with van der Waals surface area (Å²) in [5, 5.41) is 9.92. The van der Waals surface area contributed by atoms with E-state index in [1.807, 2.05) is 0 Å². The Hall–Kier alpha value is -2.95. The Morgan fingerprint density at radius 1 is 1.00 bits per heavy atom. The molecule has 0 spiro atoms. The Kier molecular flexibility index (Phi) is 3.47. The van der Waals surface area contributed by atoms with Gasteiger partial charge >= 0.3 is 0 Å². The normalized spacial score (nSPS) is 10.6. The van der Waals surface area contributed by atoms with Crippen LogP contribution < -0.4 is 14.9 Å². The number of aromatic hydroxyl groups is 1. The van der Waals surface area contributed by atoms with E-state index >= 15 is 0 Å². The highest BCUT2D eigenvalue weighted by Crippen LogP contribution is 2.32. The average molecular weight is 298 g/mol. The summed E-state index contributed by atoms with van der Waals surface area (Å²) in [6, 6.07) is 11.4. The van der Waals surface area contributed by atoms with Crippen LogP contribution in [0, 0.1) is 0 Å². The molecule has 0 unspecified atom stereocenters. The molecule has 0 saturated carbocycles. The summed E-state index contributed by atoms with van der Waals surface area (Å²) in [7, 11) is 3.00. The van der Waals surface area contributed by atoms with Gasteiger partial charge < -0.3 is 19.0 Å². The first-order chi connectivity index (χ1) is 10.6. The molecule has 3 rings (SSSR count). The van der Waals surface area contributed by atoms with Gasteiger partial charge in [0, 0.05) is 11.6 Å². The van der Waals surface area contributed by atoms with Gasteiger partial charge in [-0.1, -0.05) is 0 Å². The minimum absolute atomic E-state index is 0.0292. The van der Waals surface area contributed by atoms with Gasteiger partial charge in [-0.05, 0) is 36.4 Å². The molecule has 3 aromatic rings. The van der Waals surface area contributed by atoms with Crippen molar-refractivity contribution in [2.24, 2.45) is 0 Å². The van der Waals surface area contributed by atoms with Gasteiger partial charge in [-0.25, -0.2) is 0 Å². The smallest absolute Gasteiger partial charge is 0.235 e. The van der Waals surface area contributed by atoms with Crippen molar-refractivity contribution in [2.75, 3.05) is 14.2 Å². The maximum atomic E-state index is 12.5. The van der Waals surface area contributed by atoms with Crippen LogP contribution in [0.2, 0.25) is 0 Å². The highest BCUT2D eigenvalue weighted by Gasteiger charge is 2.17. The van der Waals surface area contributed by atoms with Gasteiger partial charge in [0.05, 0.1) is 19.6 Å². The molecule has 1 N–H and O–H groups in total. The Balaban J connectivity index is 2.29. The summed E-state index contributed by atoms with van der Waals surface area (Å²) >= 11 is 0. The van der Waals surface area contributed by atoms with E-state index in [0.29, 0.717) is 28.0 Å². The minimum Gasteiger partial charge on any atom is -0.508 e. The maximum Gasteiger partial charge on any atom is 0.235 e. The molecule has 0 saturated heterocycles. The summed E-state index contributed by atoms with van der Waals surface area (Å²) in [5.74, 6) is 1.17. The fraction of sp³-hybridized carbons (Fsp3) is 0.118. The van der Waals surface area contributed by atoms with E-state index in [9.17, 15) is 9.90 Å². The van der Waals surface area contributed by atoms with Crippen molar-refractivity contribution in [3.63, 3.8) is 0 Å². The molecular weight excluding hydrogens is 284 g/mol. The van der Waals surface area contributed by atoms with E-state index in [4.69, 9.17) is 13.9 Å². The molecule has 112 valence electrons. The SMILES string of the molecule is COc1ccc(-c2oc3cc(O)ccc3c(=O)c2OC)cc1. The predicted molar refractivity (Wildman–Crippen MR) is 82.7 cm³/mol. The van der Waals surface area contributed by atoms with Gasteiger partial charge in [0.1, 0.15) is 17.1 Å². The Morgan fingerprint density at radius 3 is 2.36 bits per heavy atom. The van der Waals surface area contributed by atoms with Crippen LogP contribution in [0.5, 0.6) is 17.2 Å². The van der Waals surface area contributed by atoms with Crippen molar-refractivity contribution in [3.05, 3.63) is 52.7 Å². The molecule has 1 aromatic heterocycles. The van der Waals surface area contributed by atoms with Gasteiger partial charge in [0.2, 0.25) is 11.2 Å². The van der Waals surface area contributed by atoms with Crippen LogP contribution in [0.1, 0.15) is 0 Å². The number of ether oxygens (including phenoxy) is 2. The number of hydrogen-bond donors (Lipinski definition) is 1. The van der Waals surface area contributed by atoms with Crippen LogP contribution in [0.3, 0.4) is 0 Å². The van der Waals surface area contributed by atoms with Crippen LogP contribution in [-0.4, -0.2) is 19.3 Å². The summed E-state index contributed by atoms with van der Waals surface area (Å²) < 4.78 is 16.1. The van der Waals surface area contributed by atoms with E-state index < -0.39 is 0 Å². The van der Waals surface area contributed by atoms with E-state index in [2.05, 4.69) is 0 Å². The molecule has 2 aromatic carbocycles.